The molecule has 0 unspecified atom stereocenters. The van der Waals surface area contributed by atoms with Crippen molar-refractivity contribution in [3.05, 3.63) is 12.8 Å². The molecule has 60 valence electrons. The van der Waals surface area contributed by atoms with Crippen molar-refractivity contribution < 1.29 is 9.53 Å². The number of carbonyl (C=O) groups excluding carboxylic acids is 1. The zero-order chi connectivity index (χ0) is 7.90. The lowest BCUT2D eigenvalue weighted by Gasteiger charge is -2.43. The molecule has 0 N–H and O–H groups in total. The number of likely N-dealkylation sites (tertiary alicyclic amines) is 1. The van der Waals surface area contributed by atoms with E-state index in [9.17, 15) is 4.79 Å². The van der Waals surface area contributed by atoms with Crippen LogP contribution in [0.25, 0.3) is 0 Å². The third kappa shape index (κ3) is 0.744. The average Bonchev–Trinajstić information content (AvgIpc) is 2.25. The van der Waals surface area contributed by atoms with Crippen LogP contribution in [-0.2, 0) is 9.53 Å². The first-order chi connectivity index (χ1) is 5.28. The molecule has 1 amide bonds. The minimum Gasteiger partial charge on any atom is -0.376 e. The van der Waals surface area contributed by atoms with E-state index in [4.69, 9.17) is 4.74 Å². The van der Waals surface area contributed by atoms with Crippen LogP contribution in [0.2, 0.25) is 0 Å². The van der Waals surface area contributed by atoms with Gasteiger partial charge >= 0.3 is 0 Å². The van der Waals surface area contributed by atoms with E-state index in [-0.39, 0.29) is 11.4 Å². The van der Waals surface area contributed by atoms with E-state index in [0.717, 1.165) is 6.42 Å². The van der Waals surface area contributed by atoms with Gasteiger partial charge in [0.15, 0.2) is 0 Å². The van der Waals surface area contributed by atoms with Crippen molar-refractivity contribution in [2.24, 2.45) is 0 Å². The second-order valence-corrected chi connectivity index (χ2v) is 3.16. The van der Waals surface area contributed by atoms with Crippen LogP contribution in [0.3, 0.4) is 0 Å². The molecule has 1 spiro atoms. The molecule has 0 aromatic carbocycles. The molecule has 0 aromatic heterocycles. The zero-order valence-corrected chi connectivity index (χ0v) is 6.38. The third-order valence-corrected chi connectivity index (χ3v) is 2.51. The molecule has 3 nitrogen and oxygen atoms in total. The van der Waals surface area contributed by atoms with Crippen LogP contribution in [0.5, 0.6) is 0 Å². The molecular weight excluding hydrogens is 142 g/mol. The van der Waals surface area contributed by atoms with Gasteiger partial charge in [0.2, 0.25) is 5.91 Å². The van der Waals surface area contributed by atoms with Gasteiger partial charge in [-0.25, -0.2) is 0 Å². The highest BCUT2D eigenvalue weighted by Gasteiger charge is 2.49. The summed E-state index contributed by atoms with van der Waals surface area (Å²) in [6.45, 7) is 4.99. The lowest BCUT2D eigenvalue weighted by molar-refractivity contribution is -0.144. The highest BCUT2D eigenvalue weighted by atomic mass is 16.5. The molecule has 11 heavy (non-hydrogen) atoms. The van der Waals surface area contributed by atoms with Gasteiger partial charge in [0.25, 0.3) is 0 Å². The van der Waals surface area contributed by atoms with Gasteiger partial charge in [0.1, 0.15) is 0 Å². The van der Waals surface area contributed by atoms with E-state index in [1.54, 1.807) is 11.1 Å². The maximum Gasteiger partial charge on any atom is 0.227 e. The lowest BCUT2D eigenvalue weighted by atomic mass is 9.94. The molecule has 2 fully saturated rings. The summed E-state index contributed by atoms with van der Waals surface area (Å²) in [6.07, 6.45) is 3.20. The maximum absolute atomic E-state index is 11.2. The van der Waals surface area contributed by atoms with Gasteiger partial charge in [-0.2, -0.15) is 0 Å². The normalized spacial score (nSPS) is 27.3. The summed E-state index contributed by atoms with van der Waals surface area (Å²) < 4.78 is 5.10. The van der Waals surface area contributed by atoms with Gasteiger partial charge in [-0.1, -0.05) is 6.58 Å². The van der Waals surface area contributed by atoms with Crippen molar-refractivity contribution in [1.82, 2.24) is 4.90 Å². The first-order valence-electron chi connectivity index (χ1n) is 3.81. The Kier molecular flexibility index (Phi) is 1.29. The van der Waals surface area contributed by atoms with Gasteiger partial charge < -0.3 is 9.64 Å². The van der Waals surface area contributed by atoms with Crippen molar-refractivity contribution in [3.63, 3.8) is 0 Å². The van der Waals surface area contributed by atoms with Crippen molar-refractivity contribution >= 4 is 5.91 Å². The summed E-state index contributed by atoms with van der Waals surface area (Å²) in [6, 6.07) is 0. The van der Waals surface area contributed by atoms with E-state index < -0.39 is 0 Å². The Morgan fingerprint density at radius 1 is 1.64 bits per heavy atom. The molecule has 0 radical (unpaired) electrons. The average molecular weight is 153 g/mol. The summed E-state index contributed by atoms with van der Waals surface area (Å²) in [5.41, 5.74) is -0.00116. The molecule has 2 rings (SSSR count). The van der Waals surface area contributed by atoms with Crippen molar-refractivity contribution in [3.8, 4) is 0 Å². The Morgan fingerprint density at radius 2 is 2.36 bits per heavy atom. The number of hydrogen-bond donors (Lipinski definition) is 0. The number of amides is 1. The summed E-state index contributed by atoms with van der Waals surface area (Å²) in [5, 5.41) is 0. The van der Waals surface area contributed by atoms with E-state index in [0.29, 0.717) is 19.6 Å². The molecule has 2 heterocycles. The van der Waals surface area contributed by atoms with Crippen LogP contribution in [0.4, 0.5) is 0 Å². The highest BCUT2D eigenvalue weighted by Crippen LogP contribution is 2.36. The minimum absolute atomic E-state index is 0.00116. The second kappa shape index (κ2) is 2.08. The molecule has 0 atom stereocenters. The first kappa shape index (κ1) is 6.85. The summed E-state index contributed by atoms with van der Waals surface area (Å²) in [4.78, 5) is 12.9. The summed E-state index contributed by atoms with van der Waals surface area (Å²) >= 11 is 0. The monoisotopic (exact) mass is 153 g/mol. The Balaban J connectivity index is 2.22. The Labute approximate surface area is 65.6 Å². The zero-order valence-electron chi connectivity index (χ0n) is 6.38. The van der Waals surface area contributed by atoms with Crippen LogP contribution < -0.4 is 0 Å². The molecule has 0 saturated carbocycles. The Hall–Kier alpha value is -0.830. The minimum atomic E-state index is -0.00116. The largest absolute Gasteiger partial charge is 0.376 e. The standard InChI is InChI=1S/C8H11NO2/c1-2-9-7(10)3-4-8(9)5-11-6-8/h2H,1,3-6H2. The van der Waals surface area contributed by atoms with Crippen molar-refractivity contribution in [2.45, 2.75) is 18.4 Å². The van der Waals surface area contributed by atoms with Crippen LogP contribution in [0.15, 0.2) is 12.8 Å². The molecule has 0 aliphatic carbocycles. The summed E-state index contributed by atoms with van der Waals surface area (Å²) in [5.74, 6) is 0.184. The predicted octanol–water partition coefficient (Wildman–Crippen LogP) is 0.521. The van der Waals surface area contributed by atoms with Crippen LogP contribution >= 0.6 is 0 Å². The SMILES string of the molecule is C=CN1C(=O)CCC12COC2. The second-order valence-electron chi connectivity index (χ2n) is 3.16. The predicted molar refractivity (Wildman–Crippen MR) is 39.8 cm³/mol. The van der Waals surface area contributed by atoms with Gasteiger partial charge in [0.05, 0.1) is 18.8 Å². The molecule has 3 heteroatoms. The van der Waals surface area contributed by atoms with E-state index in [2.05, 4.69) is 6.58 Å². The topological polar surface area (TPSA) is 29.5 Å². The van der Waals surface area contributed by atoms with E-state index in [1.165, 1.54) is 0 Å². The number of carbonyl (C=O) groups is 1. The molecule has 0 aromatic rings. The quantitative estimate of drug-likeness (QED) is 0.549. The summed E-state index contributed by atoms with van der Waals surface area (Å²) in [7, 11) is 0. The number of rotatable bonds is 1. The molecule has 2 saturated heterocycles. The van der Waals surface area contributed by atoms with Crippen molar-refractivity contribution in [1.29, 1.82) is 0 Å². The number of hydrogen-bond acceptors (Lipinski definition) is 2. The fourth-order valence-corrected chi connectivity index (χ4v) is 1.76. The van der Waals surface area contributed by atoms with Gasteiger partial charge in [-0.3, -0.25) is 4.79 Å². The first-order valence-corrected chi connectivity index (χ1v) is 3.81. The molecule has 0 bridgehead atoms. The third-order valence-electron chi connectivity index (χ3n) is 2.51. The van der Waals surface area contributed by atoms with Crippen LogP contribution in [0, 0.1) is 0 Å². The molecule has 2 aliphatic heterocycles. The van der Waals surface area contributed by atoms with Gasteiger partial charge in [-0.15, -0.1) is 0 Å². The fourth-order valence-electron chi connectivity index (χ4n) is 1.76. The van der Waals surface area contributed by atoms with E-state index in [1.807, 2.05) is 0 Å². The van der Waals surface area contributed by atoms with Gasteiger partial charge in [-0.05, 0) is 6.42 Å². The smallest absolute Gasteiger partial charge is 0.227 e. The Morgan fingerprint density at radius 3 is 2.73 bits per heavy atom. The maximum atomic E-state index is 11.2. The lowest BCUT2D eigenvalue weighted by Crippen LogP contribution is -2.57. The number of ether oxygens (including phenoxy) is 1. The van der Waals surface area contributed by atoms with Crippen LogP contribution in [0.1, 0.15) is 12.8 Å². The van der Waals surface area contributed by atoms with E-state index >= 15 is 0 Å². The van der Waals surface area contributed by atoms with Crippen LogP contribution in [-0.4, -0.2) is 29.6 Å². The highest BCUT2D eigenvalue weighted by molar-refractivity contribution is 5.81. The van der Waals surface area contributed by atoms with Gasteiger partial charge in [0, 0.05) is 12.6 Å². The fraction of sp³-hybridized carbons (Fsp3) is 0.625. The molecule has 2 aliphatic rings. The van der Waals surface area contributed by atoms with Crippen molar-refractivity contribution in [2.75, 3.05) is 13.2 Å². The number of nitrogens with zero attached hydrogens (tertiary/aromatic N) is 1. The molecular formula is C8H11NO2. The Bertz CT molecular complexity index is 208.